The van der Waals surface area contributed by atoms with Crippen molar-refractivity contribution in [2.45, 2.75) is 35.9 Å². The minimum Gasteiger partial charge on any atom is -0.497 e. The van der Waals surface area contributed by atoms with E-state index in [1.165, 1.54) is 23.0 Å². The van der Waals surface area contributed by atoms with E-state index in [1.807, 2.05) is 18.2 Å². The Bertz CT molecular complexity index is 1110. The van der Waals surface area contributed by atoms with E-state index < -0.39 is 6.09 Å². The Kier molecular flexibility index (Phi) is 6.54. The molecule has 3 heterocycles. The van der Waals surface area contributed by atoms with Gasteiger partial charge in [-0.2, -0.15) is 0 Å². The van der Waals surface area contributed by atoms with Gasteiger partial charge >= 0.3 is 6.09 Å². The standard InChI is InChI=1S/C21H26N6O4S/c1-30-14-3-4-15(31-2)16(11-14)32-20-25-17-18(22)23-12-24-19(17)27(20)10-7-13-5-8-26(9-6-13)21(28)29/h3-4,11-13H,5-10H2,1-2H3,(H,28,29)(H2,22,23,24). The molecule has 32 heavy (non-hydrogen) atoms. The average Bonchev–Trinajstić information content (AvgIpc) is 3.16. The predicted molar refractivity (Wildman–Crippen MR) is 120 cm³/mol. The lowest BCUT2D eigenvalue weighted by Gasteiger charge is -2.30. The summed E-state index contributed by atoms with van der Waals surface area (Å²) in [4.78, 5) is 26.8. The number of nitrogens with zero attached hydrogens (tertiary/aromatic N) is 5. The normalized spacial score (nSPS) is 14.6. The summed E-state index contributed by atoms with van der Waals surface area (Å²) in [7, 11) is 3.25. The summed E-state index contributed by atoms with van der Waals surface area (Å²) in [6.07, 6.45) is 3.19. The number of piperidine rings is 1. The summed E-state index contributed by atoms with van der Waals surface area (Å²) in [6.45, 7) is 1.84. The molecule has 4 rings (SSSR count). The molecule has 1 aliphatic rings. The molecule has 0 aliphatic carbocycles. The van der Waals surface area contributed by atoms with E-state index in [2.05, 4.69) is 14.5 Å². The second kappa shape index (κ2) is 9.51. The fraction of sp³-hybridized carbons (Fsp3) is 0.429. The van der Waals surface area contributed by atoms with Gasteiger partial charge in [0.1, 0.15) is 17.8 Å². The van der Waals surface area contributed by atoms with Crippen molar-refractivity contribution in [1.82, 2.24) is 24.4 Å². The Morgan fingerprint density at radius 3 is 2.72 bits per heavy atom. The summed E-state index contributed by atoms with van der Waals surface area (Å²) < 4.78 is 12.9. The maximum Gasteiger partial charge on any atom is 0.407 e. The highest BCUT2D eigenvalue weighted by Crippen LogP contribution is 2.38. The third-order valence-corrected chi connectivity index (χ3v) is 6.78. The number of nitrogen functional groups attached to an aromatic ring is 1. The molecule has 1 fully saturated rings. The molecule has 10 nitrogen and oxygen atoms in total. The van der Waals surface area contributed by atoms with Crippen molar-refractivity contribution in [2.75, 3.05) is 33.0 Å². The van der Waals surface area contributed by atoms with Crippen molar-refractivity contribution >= 4 is 34.8 Å². The van der Waals surface area contributed by atoms with Crippen LogP contribution in [0.5, 0.6) is 11.5 Å². The lowest BCUT2D eigenvalue weighted by Crippen LogP contribution is -2.37. The first-order chi connectivity index (χ1) is 15.5. The largest absolute Gasteiger partial charge is 0.497 e. The van der Waals surface area contributed by atoms with Crippen LogP contribution >= 0.6 is 11.8 Å². The van der Waals surface area contributed by atoms with E-state index in [9.17, 15) is 9.90 Å². The number of anilines is 1. The molecule has 1 amide bonds. The zero-order chi connectivity index (χ0) is 22.7. The number of aryl methyl sites for hydroxylation is 1. The van der Waals surface area contributed by atoms with Crippen LogP contribution in [0.1, 0.15) is 19.3 Å². The van der Waals surface area contributed by atoms with Crippen molar-refractivity contribution < 1.29 is 19.4 Å². The number of amides is 1. The van der Waals surface area contributed by atoms with Gasteiger partial charge in [-0.05, 0) is 55.1 Å². The van der Waals surface area contributed by atoms with Gasteiger partial charge in [-0.3, -0.25) is 0 Å². The number of methoxy groups -OCH3 is 2. The summed E-state index contributed by atoms with van der Waals surface area (Å²) in [5, 5.41) is 9.91. The Balaban J connectivity index is 1.60. The number of rotatable bonds is 7. The number of benzene rings is 1. The minimum atomic E-state index is -0.845. The molecule has 170 valence electrons. The predicted octanol–water partition coefficient (Wildman–Crippen LogP) is 3.36. The Morgan fingerprint density at radius 1 is 1.25 bits per heavy atom. The molecular formula is C21H26N6O4S. The quantitative estimate of drug-likeness (QED) is 0.547. The van der Waals surface area contributed by atoms with Gasteiger partial charge < -0.3 is 29.8 Å². The molecule has 0 atom stereocenters. The molecule has 0 unspecified atom stereocenters. The maximum atomic E-state index is 11.2. The number of carbonyl (C=O) groups is 1. The average molecular weight is 459 g/mol. The molecule has 3 N–H and O–H groups in total. The number of nitrogens with two attached hydrogens (primary N) is 1. The van der Waals surface area contributed by atoms with Crippen molar-refractivity contribution in [2.24, 2.45) is 5.92 Å². The lowest BCUT2D eigenvalue weighted by molar-refractivity contribution is 0.122. The first-order valence-corrected chi connectivity index (χ1v) is 11.2. The van der Waals surface area contributed by atoms with Gasteiger partial charge in [-0.1, -0.05) is 0 Å². The number of aromatic nitrogens is 4. The summed E-state index contributed by atoms with van der Waals surface area (Å²) in [5.74, 6) is 2.21. The van der Waals surface area contributed by atoms with Crippen LogP contribution in [0.3, 0.4) is 0 Å². The highest BCUT2D eigenvalue weighted by molar-refractivity contribution is 7.99. The van der Waals surface area contributed by atoms with Gasteiger partial charge in [0.2, 0.25) is 0 Å². The number of ether oxygens (including phenoxy) is 2. The number of fused-ring (bicyclic) bond motifs is 1. The van der Waals surface area contributed by atoms with Gasteiger partial charge in [0.15, 0.2) is 22.1 Å². The van der Waals surface area contributed by atoms with E-state index in [0.717, 1.165) is 40.8 Å². The first-order valence-electron chi connectivity index (χ1n) is 10.3. The van der Waals surface area contributed by atoms with Crippen LogP contribution in [-0.2, 0) is 6.54 Å². The second-order valence-corrected chi connectivity index (χ2v) is 8.61. The van der Waals surface area contributed by atoms with Crippen LogP contribution in [0, 0.1) is 5.92 Å². The maximum absolute atomic E-state index is 11.2. The van der Waals surface area contributed by atoms with Crippen molar-refractivity contribution in [1.29, 1.82) is 0 Å². The van der Waals surface area contributed by atoms with E-state index in [-0.39, 0.29) is 0 Å². The Morgan fingerprint density at radius 2 is 2.03 bits per heavy atom. The van der Waals surface area contributed by atoms with Gasteiger partial charge in [0, 0.05) is 19.6 Å². The van der Waals surface area contributed by atoms with Gasteiger partial charge in [-0.25, -0.2) is 19.7 Å². The number of carboxylic acid groups (broad SMARTS) is 1. The monoisotopic (exact) mass is 458 g/mol. The zero-order valence-electron chi connectivity index (χ0n) is 18.0. The molecule has 1 saturated heterocycles. The van der Waals surface area contributed by atoms with Crippen LogP contribution < -0.4 is 15.2 Å². The molecule has 0 bridgehead atoms. The molecule has 3 aromatic rings. The molecule has 0 saturated carbocycles. The number of likely N-dealkylation sites (tertiary alicyclic amines) is 1. The fourth-order valence-corrected chi connectivity index (χ4v) is 4.95. The number of imidazole rings is 1. The minimum absolute atomic E-state index is 0.336. The topological polar surface area (TPSA) is 129 Å². The first kappa shape index (κ1) is 22.0. The SMILES string of the molecule is COc1ccc(OC)c(Sc2nc3c(N)ncnc3n2CCC2CCN(C(=O)O)CC2)c1. The molecule has 0 radical (unpaired) electrons. The lowest BCUT2D eigenvalue weighted by atomic mass is 9.94. The summed E-state index contributed by atoms with van der Waals surface area (Å²) in [5.41, 5.74) is 7.33. The van der Waals surface area contributed by atoms with Crippen LogP contribution in [-0.4, -0.2) is 62.9 Å². The smallest absolute Gasteiger partial charge is 0.407 e. The molecule has 0 spiro atoms. The van der Waals surface area contributed by atoms with Crippen molar-refractivity contribution in [3.05, 3.63) is 24.5 Å². The van der Waals surface area contributed by atoms with Crippen LogP contribution in [0.2, 0.25) is 0 Å². The Hall–Kier alpha value is -3.21. The van der Waals surface area contributed by atoms with Gasteiger partial charge in [0.25, 0.3) is 0 Å². The van der Waals surface area contributed by atoms with Gasteiger partial charge in [0.05, 0.1) is 19.1 Å². The molecule has 2 aromatic heterocycles. The summed E-state index contributed by atoms with van der Waals surface area (Å²) in [6, 6.07) is 5.61. The van der Waals surface area contributed by atoms with E-state index in [4.69, 9.17) is 20.2 Å². The molecule has 1 aliphatic heterocycles. The molecule has 1 aromatic carbocycles. The molecule has 11 heteroatoms. The third kappa shape index (κ3) is 4.52. The van der Waals surface area contributed by atoms with Crippen LogP contribution in [0.4, 0.5) is 10.6 Å². The van der Waals surface area contributed by atoms with Crippen molar-refractivity contribution in [3.8, 4) is 11.5 Å². The van der Waals surface area contributed by atoms with E-state index in [0.29, 0.717) is 42.5 Å². The number of hydrogen-bond acceptors (Lipinski definition) is 8. The van der Waals surface area contributed by atoms with Crippen LogP contribution in [0.25, 0.3) is 11.2 Å². The number of hydrogen-bond donors (Lipinski definition) is 2. The van der Waals surface area contributed by atoms with E-state index >= 15 is 0 Å². The fourth-order valence-electron chi connectivity index (χ4n) is 3.90. The highest BCUT2D eigenvalue weighted by Gasteiger charge is 2.24. The van der Waals surface area contributed by atoms with E-state index in [1.54, 1.807) is 14.2 Å². The summed E-state index contributed by atoms with van der Waals surface area (Å²) >= 11 is 1.46. The van der Waals surface area contributed by atoms with Gasteiger partial charge in [-0.15, -0.1) is 0 Å². The van der Waals surface area contributed by atoms with Crippen LogP contribution in [0.15, 0.2) is 34.6 Å². The second-order valence-electron chi connectivity index (χ2n) is 7.60. The van der Waals surface area contributed by atoms with Crippen molar-refractivity contribution in [3.63, 3.8) is 0 Å². The zero-order valence-corrected chi connectivity index (χ0v) is 18.8. The third-order valence-electron chi connectivity index (χ3n) is 5.74. The highest BCUT2D eigenvalue weighted by atomic mass is 32.2. The Labute approximate surface area is 189 Å². The molecular weight excluding hydrogens is 432 g/mol.